The Morgan fingerprint density at radius 2 is 1.90 bits per heavy atom. The smallest absolute Gasteiger partial charge is 0.257 e. The van der Waals surface area contributed by atoms with Gasteiger partial charge in [0.2, 0.25) is 0 Å². The summed E-state index contributed by atoms with van der Waals surface area (Å²) in [6.07, 6.45) is 2.56. The van der Waals surface area contributed by atoms with Gasteiger partial charge in [-0.15, -0.1) is 0 Å². The second-order valence-electron chi connectivity index (χ2n) is 7.48. The van der Waals surface area contributed by atoms with Crippen LogP contribution in [-0.2, 0) is 12.8 Å². The molecule has 0 unspecified atom stereocenters. The van der Waals surface area contributed by atoms with E-state index >= 15 is 0 Å². The Bertz CT molecular complexity index is 1260. The minimum atomic E-state index is 0.424. The van der Waals surface area contributed by atoms with Gasteiger partial charge in [0.1, 0.15) is 6.07 Å². The molecule has 156 valence electrons. The first-order valence-corrected chi connectivity index (χ1v) is 10.5. The second kappa shape index (κ2) is 8.75. The molecule has 0 saturated carbocycles. The van der Waals surface area contributed by atoms with Gasteiger partial charge in [0.05, 0.1) is 22.0 Å². The van der Waals surface area contributed by atoms with Gasteiger partial charge in [-0.25, -0.2) is 4.68 Å². The number of aromatic nitrogens is 4. The van der Waals surface area contributed by atoms with Crippen LogP contribution >= 0.6 is 11.6 Å². The zero-order valence-corrected chi connectivity index (χ0v) is 18.4. The van der Waals surface area contributed by atoms with Crippen LogP contribution in [0.25, 0.3) is 17.1 Å². The van der Waals surface area contributed by atoms with Crippen LogP contribution in [0.3, 0.4) is 0 Å². The van der Waals surface area contributed by atoms with Crippen LogP contribution in [0.2, 0.25) is 5.02 Å². The van der Waals surface area contributed by atoms with Gasteiger partial charge >= 0.3 is 0 Å². The minimum Gasteiger partial charge on any atom is -0.334 e. The molecule has 2 aromatic heterocycles. The lowest BCUT2D eigenvalue weighted by Crippen LogP contribution is -2.00. The summed E-state index contributed by atoms with van der Waals surface area (Å²) in [4.78, 5) is 4.45. The summed E-state index contributed by atoms with van der Waals surface area (Å²) in [7, 11) is 0. The summed E-state index contributed by atoms with van der Waals surface area (Å²) in [5.41, 5.74) is 6.54. The highest BCUT2D eigenvalue weighted by Crippen LogP contribution is 2.25. The number of hydrogen-bond acceptors (Lipinski definition) is 5. The molecule has 2 heterocycles. The lowest BCUT2D eigenvalue weighted by molar-refractivity contribution is 0.422. The molecule has 0 aliphatic rings. The SMILES string of the molecule is CCCc1noc(-c2ccc(Cc3c(C)nn(-c4ccc(C#N)c(Cl)c4)c3C)cc2)n1. The fourth-order valence-electron chi connectivity index (χ4n) is 3.57. The molecule has 6 nitrogen and oxygen atoms in total. The van der Waals surface area contributed by atoms with E-state index in [9.17, 15) is 0 Å². The number of hydrogen-bond donors (Lipinski definition) is 0. The molecular weight excluding hydrogens is 410 g/mol. The molecule has 4 rings (SSSR count). The van der Waals surface area contributed by atoms with Crippen LogP contribution in [0.4, 0.5) is 0 Å². The monoisotopic (exact) mass is 431 g/mol. The number of benzene rings is 2. The van der Waals surface area contributed by atoms with Gasteiger partial charge in [-0.05, 0) is 56.2 Å². The van der Waals surface area contributed by atoms with E-state index in [0.717, 1.165) is 53.3 Å². The molecule has 0 amide bonds. The van der Waals surface area contributed by atoms with Crippen LogP contribution in [0.5, 0.6) is 0 Å². The van der Waals surface area contributed by atoms with Gasteiger partial charge in [-0.3, -0.25) is 0 Å². The summed E-state index contributed by atoms with van der Waals surface area (Å²) in [5.74, 6) is 1.29. The van der Waals surface area contributed by atoms with Crippen molar-refractivity contribution < 1.29 is 4.52 Å². The van der Waals surface area contributed by atoms with Crippen molar-refractivity contribution in [3.8, 4) is 23.2 Å². The number of rotatable bonds is 6. The summed E-state index contributed by atoms with van der Waals surface area (Å²) >= 11 is 6.21. The van der Waals surface area contributed by atoms with E-state index in [-0.39, 0.29) is 0 Å². The van der Waals surface area contributed by atoms with E-state index in [0.29, 0.717) is 16.5 Å². The fourth-order valence-corrected chi connectivity index (χ4v) is 3.79. The lowest BCUT2D eigenvalue weighted by Gasteiger charge is -2.07. The second-order valence-corrected chi connectivity index (χ2v) is 7.88. The maximum Gasteiger partial charge on any atom is 0.257 e. The Labute approximate surface area is 186 Å². The summed E-state index contributed by atoms with van der Waals surface area (Å²) < 4.78 is 7.25. The van der Waals surface area contributed by atoms with E-state index < -0.39 is 0 Å². The van der Waals surface area contributed by atoms with Crippen molar-refractivity contribution in [2.75, 3.05) is 0 Å². The van der Waals surface area contributed by atoms with E-state index in [1.165, 1.54) is 5.56 Å². The normalized spacial score (nSPS) is 10.9. The van der Waals surface area contributed by atoms with Crippen molar-refractivity contribution in [1.82, 2.24) is 19.9 Å². The van der Waals surface area contributed by atoms with Gasteiger partial charge in [0.15, 0.2) is 5.82 Å². The molecule has 0 fully saturated rings. The number of nitriles is 1. The summed E-state index contributed by atoms with van der Waals surface area (Å²) in [6.45, 7) is 6.14. The Morgan fingerprint density at radius 1 is 1.13 bits per heavy atom. The zero-order chi connectivity index (χ0) is 22.0. The maximum absolute atomic E-state index is 9.09. The van der Waals surface area contributed by atoms with Gasteiger partial charge in [-0.2, -0.15) is 15.3 Å². The highest BCUT2D eigenvalue weighted by atomic mass is 35.5. The van der Waals surface area contributed by atoms with Gasteiger partial charge < -0.3 is 4.52 Å². The van der Waals surface area contributed by atoms with Crippen molar-refractivity contribution in [2.24, 2.45) is 0 Å². The molecular formula is C24H22ClN5O. The average Bonchev–Trinajstić information content (AvgIpc) is 3.34. The van der Waals surface area contributed by atoms with Crippen LogP contribution < -0.4 is 0 Å². The van der Waals surface area contributed by atoms with Gasteiger partial charge in [-0.1, -0.05) is 35.8 Å². The van der Waals surface area contributed by atoms with Gasteiger partial charge in [0, 0.05) is 29.7 Å². The first kappa shape index (κ1) is 20.8. The maximum atomic E-state index is 9.09. The number of nitrogens with zero attached hydrogens (tertiary/aromatic N) is 5. The third-order valence-electron chi connectivity index (χ3n) is 5.28. The molecule has 0 bridgehead atoms. The van der Waals surface area contributed by atoms with E-state index in [1.807, 2.05) is 36.7 Å². The third kappa shape index (κ3) is 4.23. The standard InChI is InChI=1S/C24H22ClN5O/c1-4-5-23-27-24(31-29-23)18-8-6-17(7-9-18)12-21-15(2)28-30(16(21)3)20-11-10-19(14-26)22(25)13-20/h6-11,13H,4-5,12H2,1-3H3. The van der Waals surface area contributed by atoms with Crippen molar-refractivity contribution >= 4 is 11.6 Å². The largest absolute Gasteiger partial charge is 0.334 e. The molecule has 7 heteroatoms. The van der Waals surface area contributed by atoms with Crippen LogP contribution in [0.1, 0.15) is 47.2 Å². The first-order valence-electron chi connectivity index (χ1n) is 10.2. The topological polar surface area (TPSA) is 80.5 Å². The molecule has 0 atom stereocenters. The fraction of sp³-hybridized carbons (Fsp3) is 0.250. The summed E-state index contributed by atoms with van der Waals surface area (Å²) in [6, 6.07) is 15.6. The lowest BCUT2D eigenvalue weighted by atomic mass is 10.0. The predicted octanol–water partition coefficient (Wildman–Crippen LogP) is 5.61. The number of halogens is 1. The molecule has 2 aromatic carbocycles. The quantitative estimate of drug-likeness (QED) is 0.396. The van der Waals surface area contributed by atoms with Crippen molar-refractivity contribution in [1.29, 1.82) is 5.26 Å². The van der Waals surface area contributed by atoms with Crippen LogP contribution in [-0.4, -0.2) is 19.9 Å². The van der Waals surface area contributed by atoms with E-state index in [4.69, 9.17) is 26.5 Å². The van der Waals surface area contributed by atoms with Crippen molar-refractivity contribution in [3.05, 3.63) is 81.4 Å². The van der Waals surface area contributed by atoms with Crippen LogP contribution in [0.15, 0.2) is 47.0 Å². The average molecular weight is 432 g/mol. The molecule has 0 N–H and O–H groups in total. The molecule has 0 radical (unpaired) electrons. The Kier molecular flexibility index (Phi) is 5.88. The zero-order valence-electron chi connectivity index (χ0n) is 17.7. The number of aryl methyl sites for hydroxylation is 2. The minimum absolute atomic E-state index is 0.424. The molecule has 0 aliphatic carbocycles. The van der Waals surface area contributed by atoms with E-state index in [1.54, 1.807) is 12.1 Å². The summed E-state index contributed by atoms with van der Waals surface area (Å²) in [5, 5.41) is 18.2. The highest BCUT2D eigenvalue weighted by Gasteiger charge is 2.15. The third-order valence-corrected chi connectivity index (χ3v) is 5.60. The predicted molar refractivity (Wildman–Crippen MR) is 119 cm³/mol. The van der Waals surface area contributed by atoms with Crippen molar-refractivity contribution in [3.63, 3.8) is 0 Å². The van der Waals surface area contributed by atoms with Crippen molar-refractivity contribution in [2.45, 2.75) is 40.0 Å². The Morgan fingerprint density at radius 3 is 2.58 bits per heavy atom. The Hall–Kier alpha value is -3.43. The Balaban J connectivity index is 1.57. The van der Waals surface area contributed by atoms with E-state index in [2.05, 4.69) is 35.3 Å². The molecule has 31 heavy (non-hydrogen) atoms. The van der Waals surface area contributed by atoms with Crippen LogP contribution in [0, 0.1) is 25.2 Å². The molecule has 0 spiro atoms. The highest BCUT2D eigenvalue weighted by molar-refractivity contribution is 6.31. The molecule has 0 saturated heterocycles. The molecule has 4 aromatic rings. The molecule has 0 aliphatic heterocycles. The first-order chi connectivity index (χ1) is 15.0. The van der Waals surface area contributed by atoms with Gasteiger partial charge in [0.25, 0.3) is 5.89 Å².